The van der Waals surface area contributed by atoms with Crippen molar-refractivity contribution in [2.24, 2.45) is 10.2 Å². The fraction of sp³-hybridized carbons (Fsp3) is 0.111. The van der Waals surface area contributed by atoms with Crippen molar-refractivity contribution in [2.75, 3.05) is 23.0 Å². The Morgan fingerprint density at radius 3 is 2.29 bits per heavy atom. The molecule has 2 amide bonds. The Balaban J connectivity index is 0.00000400. The molecule has 4 aromatic rings. The number of aromatic hydroxyl groups is 1. The second kappa shape index (κ2) is 20.5. The van der Waals surface area contributed by atoms with Crippen LogP contribution in [0.4, 0.5) is 22.7 Å². The zero-order valence-electron chi connectivity index (χ0n) is 25.4. The molecule has 21 heteroatoms. The number of phenols is 1. The van der Waals surface area contributed by atoms with Crippen LogP contribution < -0.4 is 80.3 Å². The van der Waals surface area contributed by atoms with Crippen LogP contribution >= 0.6 is 24.4 Å². The summed E-state index contributed by atoms with van der Waals surface area (Å²) in [6.45, 7) is 1.06. The number of phenolic OH excluding ortho intramolecular Hbond substituents is 1. The molecule has 0 aliphatic carbocycles. The molecule has 0 aromatic heterocycles. The predicted molar refractivity (Wildman–Crippen MR) is 161 cm³/mol. The van der Waals surface area contributed by atoms with E-state index < -0.39 is 21.5 Å². The first kappa shape index (κ1) is 42.0. The van der Waals surface area contributed by atoms with Crippen molar-refractivity contribution in [3.63, 3.8) is 0 Å². The van der Waals surface area contributed by atoms with Gasteiger partial charge in [-0.15, -0.1) is 9.45 Å². The van der Waals surface area contributed by atoms with E-state index in [1.807, 2.05) is 0 Å². The van der Waals surface area contributed by atoms with Gasteiger partial charge in [0, 0.05) is 29.2 Å². The molecule has 0 radical (unpaired) electrons. The zero-order chi connectivity index (χ0) is 33.1. The molecule has 0 spiro atoms. The van der Waals surface area contributed by atoms with Crippen LogP contribution in [-0.4, -0.2) is 37.7 Å². The van der Waals surface area contributed by atoms with Gasteiger partial charge in [-0.1, -0.05) is 6.07 Å². The minimum atomic E-state index is -3.79. The molecule has 3 N–H and O–H groups in total. The van der Waals surface area contributed by atoms with Crippen LogP contribution in [0.15, 0.2) is 92.8 Å². The summed E-state index contributed by atoms with van der Waals surface area (Å²) in [4.78, 5) is 24.4. The predicted octanol–water partition coefficient (Wildman–Crippen LogP) is -2.01. The van der Waals surface area contributed by atoms with Crippen molar-refractivity contribution in [3.05, 3.63) is 78.4 Å². The molecule has 0 saturated heterocycles. The number of fused-ring (bicyclic) bond motifs is 1. The van der Waals surface area contributed by atoms with Crippen LogP contribution in [0.5, 0.6) is 5.75 Å². The van der Waals surface area contributed by atoms with Crippen molar-refractivity contribution in [3.8, 4) is 5.75 Å². The van der Waals surface area contributed by atoms with Gasteiger partial charge < -0.3 is 26.3 Å². The summed E-state index contributed by atoms with van der Waals surface area (Å²) in [7, 11) is -3.79. The van der Waals surface area contributed by atoms with Gasteiger partial charge in [-0.05, 0) is 72.1 Å². The number of anilines is 2. The molecule has 48 heavy (non-hydrogen) atoms. The van der Waals surface area contributed by atoms with E-state index in [1.165, 1.54) is 55.5 Å². The van der Waals surface area contributed by atoms with E-state index in [9.17, 15) is 33.6 Å². The van der Waals surface area contributed by atoms with Crippen molar-refractivity contribution in [1.82, 2.24) is 0 Å². The standard InChI is InChI=1S/C27H24N4O12S3.2Na/c1-16(32)28-21-9-10-23-18(13-21)14-24(44-42-40-35)25(26(23)33)31-30-19-7-5-17(6-8-19)27(34)29-20-3-2-4-22(15-20)46(37,38)12-11-39-45-43-41-36;;/h2-10,13-15,33,35-36H,11-12H2,1H3,(H,28,32)(H,29,34);;/q;2*+1/p-2. The first-order chi connectivity index (χ1) is 22.1. The molecule has 242 valence electrons. The third kappa shape index (κ3) is 12.0. The maximum atomic E-state index is 12.8. The third-order valence-electron chi connectivity index (χ3n) is 5.91. The van der Waals surface area contributed by atoms with Gasteiger partial charge in [0.05, 0.1) is 39.9 Å². The number of azo groups is 1. The second-order valence-electron chi connectivity index (χ2n) is 8.98. The zero-order valence-corrected chi connectivity index (χ0v) is 31.8. The SMILES string of the molecule is CC(=O)Nc1ccc2c(O)c(N=Nc3ccc(C(=O)Nc4cccc(S(=O)(=O)CCOSOO[O-])c4)cc3)c(SOO[O-])cc2c1.[Na+].[Na+]. The Hall–Kier alpha value is -2.15. The summed E-state index contributed by atoms with van der Waals surface area (Å²) in [6, 6.07) is 17.8. The van der Waals surface area contributed by atoms with Crippen LogP contribution in [0.3, 0.4) is 0 Å². The fourth-order valence-electron chi connectivity index (χ4n) is 3.93. The minimum absolute atomic E-state index is 0. The molecule has 4 rings (SSSR count). The summed E-state index contributed by atoms with van der Waals surface area (Å²) < 4.78 is 38.2. The Labute approximate surface area is 326 Å². The molecule has 0 heterocycles. The summed E-state index contributed by atoms with van der Waals surface area (Å²) in [6.07, 6.45) is 0. The molecule has 0 atom stereocenters. The average molecular weight is 737 g/mol. The van der Waals surface area contributed by atoms with Gasteiger partial charge in [0.25, 0.3) is 5.91 Å². The number of hydrogen-bond acceptors (Lipinski definition) is 16. The van der Waals surface area contributed by atoms with Gasteiger partial charge in [-0.3, -0.25) is 23.8 Å². The molecular weight excluding hydrogens is 714 g/mol. The number of hydrogen-bond donors (Lipinski definition) is 3. The van der Waals surface area contributed by atoms with E-state index in [0.29, 0.717) is 34.2 Å². The molecular formula is C27H22N4Na2O12S3. The van der Waals surface area contributed by atoms with Crippen LogP contribution in [-0.2, 0) is 37.6 Å². The summed E-state index contributed by atoms with van der Waals surface area (Å²) in [5.41, 5.74) is 1.19. The molecule has 16 nitrogen and oxygen atoms in total. The van der Waals surface area contributed by atoms with Crippen LogP contribution in [0.1, 0.15) is 17.3 Å². The van der Waals surface area contributed by atoms with Crippen molar-refractivity contribution in [1.29, 1.82) is 0 Å². The third-order valence-corrected chi connectivity index (χ3v) is 8.57. The summed E-state index contributed by atoms with van der Waals surface area (Å²) in [5, 5.41) is 52.0. The number of nitrogens with one attached hydrogen (secondary N) is 2. The van der Waals surface area contributed by atoms with Gasteiger partial charge >= 0.3 is 59.1 Å². The van der Waals surface area contributed by atoms with Crippen LogP contribution in [0, 0.1) is 0 Å². The Bertz CT molecular complexity index is 1850. The van der Waals surface area contributed by atoms with Crippen molar-refractivity contribution in [2.45, 2.75) is 16.7 Å². The Morgan fingerprint density at radius 1 is 0.896 bits per heavy atom. The average Bonchev–Trinajstić information content (AvgIpc) is 3.03. The molecule has 0 unspecified atom stereocenters. The molecule has 0 aliphatic heterocycles. The molecule has 0 fully saturated rings. The van der Waals surface area contributed by atoms with Crippen molar-refractivity contribution >= 4 is 79.5 Å². The normalized spacial score (nSPS) is 11.1. The first-order valence-corrected chi connectivity index (χ1v) is 15.8. The number of benzene rings is 4. The van der Waals surface area contributed by atoms with Crippen LogP contribution in [0.25, 0.3) is 10.8 Å². The Kier molecular flexibility index (Phi) is 18.0. The maximum Gasteiger partial charge on any atom is 1.00 e. The van der Waals surface area contributed by atoms with E-state index in [1.54, 1.807) is 24.3 Å². The van der Waals surface area contributed by atoms with Gasteiger partial charge in [0.15, 0.2) is 27.9 Å². The van der Waals surface area contributed by atoms with Crippen molar-refractivity contribution < 1.29 is 116 Å². The van der Waals surface area contributed by atoms with E-state index >= 15 is 0 Å². The number of nitrogens with zero attached hydrogens (tertiary/aromatic N) is 2. The monoisotopic (exact) mass is 736 g/mol. The minimum Gasteiger partial charge on any atom is -0.691 e. The van der Waals surface area contributed by atoms with E-state index in [-0.39, 0.29) is 116 Å². The van der Waals surface area contributed by atoms with E-state index in [2.05, 4.69) is 39.6 Å². The molecule has 0 aliphatic rings. The smallest absolute Gasteiger partial charge is 0.691 e. The topological polar surface area (TPSA) is 230 Å². The number of amides is 2. The van der Waals surface area contributed by atoms with Gasteiger partial charge in [-0.25, -0.2) is 8.42 Å². The molecule has 0 saturated carbocycles. The van der Waals surface area contributed by atoms with Gasteiger partial charge in [0.2, 0.25) is 5.91 Å². The molecule has 0 bridgehead atoms. The van der Waals surface area contributed by atoms with Crippen LogP contribution in [0.2, 0.25) is 0 Å². The number of carbonyl (C=O) groups excluding carboxylic acids is 2. The first-order valence-electron chi connectivity index (χ1n) is 12.7. The second-order valence-corrected chi connectivity index (χ2v) is 12.3. The largest absolute Gasteiger partial charge is 1.00 e. The van der Waals surface area contributed by atoms with Gasteiger partial charge in [0.1, 0.15) is 5.69 Å². The number of carbonyl (C=O) groups is 2. The van der Waals surface area contributed by atoms with Gasteiger partial charge in [-0.2, -0.15) is 9.45 Å². The molecule has 4 aromatic carbocycles. The number of rotatable bonds is 15. The summed E-state index contributed by atoms with van der Waals surface area (Å²) in [5.74, 6) is -1.52. The number of sulfone groups is 1. The fourth-order valence-corrected chi connectivity index (χ4v) is 5.87. The quantitative estimate of drug-likeness (QED) is 0.0299. The maximum absolute atomic E-state index is 12.8. The van der Waals surface area contributed by atoms with E-state index in [0.717, 1.165) is 0 Å². The Morgan fingerprint density at radius 2 is 1.60 bits per heavy atom. The van der Waals surface area contributed by atoms with E-state index in [4.69, 9.17) is 4.18 Å². The summed E-state index contributed by atoms with van der Waals surface area (Å²) >= 11 is 0.689.